The number of aliphatic hydroxyl groups excluding tert-OH is 1. The Morgan fingerprint density at radius 1 is 1.50 bits per heavy atom. The molecule has 1 aromatic rings. The van der Waals surface area contributed by atoms with Crippen LogP contribution in [0.1, 0.15) is 38.7 Å². The highest BCUT2D eigenvalue weighted by atomic mass is 16.3. The van der Waals surface area contributed by atoms with Crippen molar-refractivity contribution in [1.82, 2.24) is 9.88 Å². The van der Waals surface area contributed by atoms with Crippen LogP contribution in [0.3, 0.4) is 0 Å². The molecule has 1 N–H and O–H groups in total. The molecule has 0 saturated carbocycles. The molecule has 1 unspecified atom stereocenters. The minimum absolute atomic E-state index is 0.252. The molecule has 3 nitrogen and oxygen atoms in total. The number of likely N-dealkylation sites (tertiary alicyclic amines) is 1. The van der Waals surface area contributed by atoms with E-state index in [2.05, 4.69) is 29.8 Å². The van der Waals surface area contributed by atoms with Gasteiger partial charge in [0, 0.05) is 37.6 Å². The fraction of sp³-hybridized carbons (Fsp3) is 0.667. The topological polar surface area (TPSA) is 36.4 Å². The fourth-order valence-corrected chi connectivity index (χ4v) is 2.77. The molecule has 0 amide bonds. The zero-order chi connectivity index (χ0) is 13.0. The van der Waals surface area contributed by atoms with Crippen molar-refractivity contribution in [2.45, 2.75) is 45.2 Å². The maximum atomic E-state index is 9.10. The largest absolute Gasteiger partial charge is 0.396 e. The Kier molecular flexibility index (Phi) is 4.36. The first kappa shape index (κ1) is 13.5. The van der Waals surface area contributed by atoms with Gasteiger partial charge in [-0.05, 0) is 50.7 Å². The minimum atomic E-state index is 0.252. The first-order valence-electron chi connectivity index (χ1n) is 6.86. The van der Waals surface area contributed by atoms with E-state index in [9.17, 15) is 0 Å². The Hall–Kier alpha value is -0.930. The number of hydrogen-bond donors (Lipinski definition) is 1. The van der Waals surface area contributed by atoms with Gasteiger partial charge in [0.05, 0.1) is 0 Å². The maximum Gasteiger partial charge on any atom is 0.0434 e. The summed E-state index contributed by atoms with van der Waals surface area (Å²) < 4.78 is 0. The van der Waals surface area contributed by atoms with Crippen molar-refractivity contribution in [2.24, 2.45) is 5.92 Å². The van der Waals surface area contributed by atoms with Gasteiger partial charge in [0.25, 0.3) is 0 Å². The highest BCUT2D eigenvalue weighted by Gasteiger charge is 2.33. The zero-order valence-electron chi connectivity index (χ0n) is 11.5. The van der Waals surface area contributed by atoms with E-state index < -0.39 is 0 Å². The van der Waals surface area contributed by atoms with Gasteiger partial charge in [0.1, 0.15) is 0 Å². The number of hydrogen-bond acceptors (Lipinski definition) is 3. The van der Waals surface area contributed by atoms with Crippen molar-refractivity contribution in [3.63, 3.8) is 0 Å². The van der Waals surface area contributed by atoms with Gasteiger partial charge in [-0.15, -0.1) is 0 Å². The molecule has 1 aromatic heterocycles. The lowest BCUT2D eigenvalue weighted by molar-refractivity contribution is 0.0305. The minimum Gasteiger partial charge on any atom is -0.396 e. The predicted octanol–water partition coefficient (Wildman–Crippen LogP) is 2.45. The lowest BCUT2D eigenvalue weighted by atomic mass is 9.83. The summed E-state index contributed by atoms with van der Waals surface area (Å²) in [5, 5.41) is 9.10. The Morgan fingerprint density at radius 2 is 2.33 bits per heavy atom. The van der Waals surface area contributed by atoms with Crippen molar-refractivity contribution >= 4 is 0 Å². The second-order valence-electron chi connectivity index (χ2n) is 5.97. The third-order valence-electron chi connectivity index (χ3n) is 4.13. The summed E-state index contributed by atoms with van der Waals surface area (Å²) in [6.45, 7) is 6.99. The summed E-state index contributed by atoms with van der Waals surface area (Å²) in [7, 11) is 0. The van der Waals surface area contributed by atoms with Crippen LogP contribution in [0.5, 0.6) is 0 Å². The molecular weight excluding hydrogens is 224 g/mol. The van der Waals surface area contributed by atoms with E-state index in [0.29, 0.717) is 12.5 Å². The van der Waals surface area contributed by atoms with Gasteiger partial charge in [-0.25, -0.2) is 0 Å². The lowest BCUT2D eigenvalue weighted by Gasteiger charge is -2.45. The Balaban J connectivity index is 2.03. The summed E-state index contributed by atoms with van der Waals surface area (Å²) in [4.78, 5) is 6.72. The Morgan fingerprint density at radius 3 is 3.00 bits per heavy atom. The van der Waals surface area contributed by atoms with Gasteiger partial charge in [0.15, 0.2) is 0 Å². The van der Waals surface area contributed by atoms with Gasteiger partial charge in [-0.1, -0.05) is 6.07 Å². The molecule has 1 fully saturated rings. The molecule has 2 rings (SSSR count). The van der Waals surface area contributed by atoms with Crippen LogP contribution in [0.25, 0.3) is 0 Å². The van der Waals surface area contributed by atoms with Crippen molar-refractivity contribution in [1.29, 1.82) is 0 Å². The normalized spacial score (nSPS) is 24.1. The molecule has 0 bridgehead atoms. The molecule has 1 aliphatic heterocycles. The number of pyridine rings is 1. The molecule has 100 valence electrons. The fourth-order valence-electron chi connectivity index (χ4n) is 2.77. The Labute approximate surface area is 110 Å². The van der Waals surface area contributed by atoms with Gasteiger partial charge in [0.2, 0.25) is 0 Å². The van der Waals surface area contributed by atoms with Gasteiger partial charge in [-0.3, -0.25) is 9.88 Å². The number of nitrogens with zero attached hydrogens (tertiary/aromatic N) is 2. The quantitative estimate of drug-likeness (QED) is 0.889. The van der Waals surface area contributed by atoms with E-state index in [4.69, 9.17) is 5.11 Å². The summed E-state index contributed by atoms with van der Waals surface area (Å²) in [6.07, 6.45) is 7.14. The van der Waals surface area contributed by atoms with Crippen LogP contribution in [-0.4, -0.2) is 33.7 Å². The molecule has 1 saturated heterocycles. The molecule has 3 heteroatoms. The average molecular weight is 248 g/mol. The van der Waals surface area contributed by atoms with Crippen LogP contribution < -0.4 is 0 Å². The summed E-state index contributed by atoms with van der Waals surface area (Å²) >= 11 is 0. The second-order valence-corrected chi connectivity index (χ2v) is 5.97. The van der Waals surface area contributed by atoms with E-state index >= 15 is 0 Å². The molecule has 1 aliphatic rings. The van der Waals surface area contributed by atoms with Crippen LogP contribution in [0.15, 0.2) is 24.5 Å². The van der Waals surface area contributed by atoms with Gasteiger partial charge in [-0.2, -0.15) is 0 Å². The van der Waals surface area contributed by atoms with Crippen LogP contribution >= 0.6 is 0 Å². The molecule has 0 aromatic carbocycles. The highest BCUT2D eigenvalue weighted by Crippen LogP contribution is 2.32. The van der Waals surface area contributed by atoms with Crippen molar-refractivity contribution in [3.8, 4) is 0 Å². The van der Waals surface area contributed by atoms with E-state index in [1.54, 1.807) is 0 Å². The van der Waals surface area contributed by atoms with E-state index in [1.807, 2.05) is 18.5 Å². The van der Waals surface area contributed by atoms with Crippen LogP contribution in [0.4, 0.5) is 0 Å². The smallest absolute Gasteiger partial charge is 0.0434 e. The van der Waals surface area contributed by atoms with Crippen LogP contribution in [-0.2, 0) is 6.54 Å². The number of aromatic nitrogens is 1. The number of aliphatic hydroxyl groups is 1. The zero-order valence-corrected chi connectivity index (χ0v) is 11.5. The predicted molar refractivity (Wildman–Crippen MR) is 73.2 cm³/mol. The molecule has 2 heterocycles. The third kappa shape index (κ3) is 3.30. The van der Waals surface area contributed by atoms with E-state index in [-0.39, 0.29) is 5.54 Å². The second kappa shape index (κ2) is 5.81. The summed E-state index contributed by atoms with van der Waals surface area (Å²) in [6, 6.07) is 4.14. The number of rotatable bonds is 4. The third-order valence-corrected chi connectivity index (χ3v) is 4.13. The monoisotopic (exact) mass is 248 g/mol. The van der Waals surface area contributed by atoms with Crippen molar-refractivity contribution in [2.75, 3.05) is 13.2 Å². The van der Waals surface area contributed by atoms with Crippen LogP contribution in [0.2, 0.25) is 0 Å². The summed E-state index contributed by atoms with van der Waals surface area (Å²) in [5.74, 6) is 0.639. The average Bonchev–Trinajstić information content (AvgIpc) is 2.35. The van der Waals surface area contributed by atoms with Crippen molar-refractivity contribution in [3.05, 3.63) is 30.1 Å². The lowest BCUT2D eigenvalue weighted by Crippen LogP contribution is -2.49. The molecule has 0 radical (unpaired) electrons. The van der Waals surface area contributed by atoms with E-state index in [1.165, 1.54) is 18.4 Å². The van der Waals surface area contributed by atoms with Crippen molar-refractivity contribution < 1.29 is 5.11 Å². The standard InChI is InChI=1S/C15H24N2O/c1-15(2)7-5-13(6-9-18)11-17(15)12-14-4-3-8-16-10-14/h3-4,8,10,13,18H,5-7,9,11-12H2,1-2H3. The molecular formula is C15H24N2O. The first-order chi connectivity index (χ1) is 8.62. The van der Waals surface area contributed by atoms with Gasteiger partial charge >= 0.3 is 0 Å². The maximum absolute atomic E-state index is 9.10. The SMILES string of the molecule is CC1(C)CCC(CCO)CN1Cc1cccnc1. The molecule has 0 spiro atoms. The Bertz CT molecular complexity index is 364. The molecule has 18 heavy (non-hydrogen) atoms. The highest BCUT2D eigenvalue weighted by molar-refractivity contribution is 5.09. The van der Waals surface area contributed by atoms with E-state index in [0.717, 1.165) is 19.5 Å². The molecule has 1 atom stereocenters. The molecule has 0 aliphatic carbocycles. The summed E-state index contributed by atoms with van der Waals surface area (Å²) in [5.41, 5.74) is 1.53. The number of piperidine rings is 1. The van der Waals surface area contributed by atoms with Gasteiger partial charge < -0.3 is 5.11 Å². The van der Waals surface area contributed by atoms with Crippen LogP contribution in [0, 0.1) is 5.92 Å². The first-order valence-corrected chi connectivity index (χ1v) is 6.86.